The van der Waals surface area contributed by atoms with Crippen LogP contribution in [0.2, 0.25) is 0 Å². The van der Waals surface area contributed by atoms with Crippen LogP contribution in [0, 0.1) is 0 Å². The highest BCUT2D eigenvalue weighted by atomic mass is 32.2. The Bertz CT molecular complexity index is 1490. The second-order valence-electron chi connectivity index (χ2n) is 8.85. The van der Waals surface area contributed by atoms with Crippen LogP contribution >= 0.6 is 11.3 Å². The molecule has 0 aliphatic carbocycles. The highest BCUT2D eigenvalue weighted by molar-refractivity contribution is 7.91. The molecule has 16 heteroatoms. The first-order valence-electron chi connectivity index (χ1n) is 11.7. The summed E-state index contributed by atoms with van der Waals surface area (Å²) in [4.78, 5) is 49.7. The number of nitrogens with one attached hydrogen (secondary N) is 1. The highest BCUT2D eigenvalue weighted by Gasteiger charge is 2.43. The lowest BCUT2D eigenvalue weighted by Gasteiger charge is -2.37. The Hall–Kier alpha value is -4.15. The molecule has 4 amide bonds. The summed E-state index contributed by atoms with van der Waals surface area (Å²) in [6, 6.07) is 8.65. The third-order valence-corrected chi connectivity index (χ3v) is 9.62. The molecule has 1 aliphatic heterocycles. The number of rotatable bonds is 10. The molecule has 0 bridgehead atoms. The van der Waals surface area contributed by atoms with Crippen molar-refractivity contribution in [2.45, 2.75) is 41.6 Å². The maximum Gasteiger partial charge on any atom is 0.271 e. The Labute approximate surface area is 227 Å². The van der Waals surface area contributed by atoms with Crippen LogP contribution in [0.25, 0.3) is 0 Å². The fraction of sp³-hybridized carbons (Fsp3) is 0.304. The molecule has 2 aromatic heterocycles. The van der Waals surface area contributed by atoms with Crippen LogP contribution in [0.1, 0.15) is 45.4 Å². The highest BCUT2D eigenvalue weighted by Crippen LogP contribution is 2.33. The van der Waals surface area contributed by atoms with Gasteiger partial charge in [0.15, 0.2) is 11.4 Å². The Balaban J connectivity index is 1.68. The van der Waals surface area contributed by atoms with Crippen molar-refractivity contribution in [2.24, 2.45) is 17.2 Å². The number of piperidine rings is 1. The van der Waals surface area contributed by atoms with Gasteiger partial charge >= 0.3 is 0 Å². The number of thiophene rings is 1. The van der Waals surface area contributed by atoms with Gasteiger partial charge in [0, 0.05) is 13.0 Å². The fourth-order valence-corrected chi connectivity index (χ4v) is 7.22. The molecule has 206 valence electrons. The number of hydrogen-bond donors (Lipinski definition) is 4. The molecular weight excluding hydrogens is 548 g/mol. The number of sulfonamides is 1. The number of aromatic nitrogens is 3. The monoisotopic (exact) mass is 574 g/mol. The number of nitrogens with zero attached hydrogens (tertiary/aromatic N) is 4. The van der Waals surface area contributed by atoms with Crippen LogP contribution in [0.5, 0.6) is 0 Å². The Kier molecular flexibility index (Phi) is 8.08. The van der Waals surface area contributed by atoms with E-state index in [0.29, 0.717) is 0 Å². The van der Waals surface area contributed by atoms with E-state index in [2.05, 4.69) is 15.6 Å². The van der Waals surface area contributed by atoms with Crippen LogP contribution in [0.15, 0.2) is 52.1 Å². The van der Waals surface area contributed by atoms with Crippen molar-refractivity contribution >= 4 is 45.0 Å². The van der Waals surface area contributed by atoms with Gasteiger partial charge in [0.05, 0.1) is 6.04 Å². The maximum atomic E-state index is 13.6. The van der Waals surface area contributed by atoms with Crippen LogP contribution in [0.3, 0.4) is 0 Å². The molecule has 14 nitrogen and oxygen atoms in total. The summed E-state index contributed by atoms with van der Waals surface area (Å²) in [6.45, 7) is -0.146. The summed E-state index contributed by atoms with van der Waals surface area (Å²) in [7, 11) is -4.10. The molecule has 4 rings (SSSR count). The molecular formula is C23H26N8O6S2. The standard InChI is InChI=1S/C23H26N8O6S2/c24-20(32)15(11-13-5-2-1-3-6-13)27-23(35)16-12-14(31-19(22(26)34)18(21(25)33)28-29-31)8-9-30(16)39(36,37)17-7-4-10-38-17/h1-7,10,14-16H,8-9,11-12H2,(H2,24,32)(H2,25,33)(H2,26,34)(H,27,35). The molecule has 1 saturated heterocycles. The van der Waals surface area contributed by atoms with Gasteiger partial charge in [0.2, 0.25) is 11.8 Å². The molecule has 0 saturated carbocycles. The molecule has 1 fully saturated rings. The van der Waals surface area contributed by atoms with Crippen molar-refractivity contribution in [2.75, 3.05) is 6.54 Å². The van der Waals surface area contributed by atoms with Crippen molar-refractivity contribution in [1.29, 1.82) is 0 Å². The molecule has 39 heavy (non-hydrogen) atoms. The van der Waals surface area contributed by atoms with Crippen LogP contribution in [-0.2, 0) is 26.0 Å². The lowest BCUT2D eigenvalue weighted by atomic mass is 9.97. The summed E-state index contributed by atoms with van der Waals surface area (Å²) in [5, 5.41) is 11.7. The van der Waals surface area contributed by atoms with E-state index in [9.17, 15) is 27.6 Å². The molecule has 3 atom stereocenters. The summed E-state index contributed by atoms with van der Waals surface area (Å²) < 4.78 is 29.1. The first kappa shape index (κ1) is 27.9. The van der Waals surface area contributed by atoms with Crippen molar-refractivity contribution in [1.82, 2.24) is 24.6 Å². The normalized spacial score (nSPS) is 18.8. The topological polar surface area (TPSA) is 226 Å². The van der Waals surface area contributed by atoms with Crippen molar-refractivity contribution in [3.05, 3.63) is 64.8 Å². The van der Waals surface area contributed by atoms with Crippen molar-refractivity contribution in [3.8, 4) is 0 Å². The summed E-state index contributed by atoms with van der Waals surface area (Å²) in [5.41, 5.74) is 16.3. The van der Waals surface area contributed by atoms with Gasteiger partial charge in [-0.15, -0.1) is 16.4 Å². The Morgan fingerprint density at radius 3 is 2.36 bits per heavy atom. The number of nitrogens with two attached hydrogens (primary N) is 3. The minimum absolute atomic E-state index is 0.0316. The maximum absolute atomic E-state index is 13.6. The molecule has 3 unspecified atom stereocenters. The number of primary amides is 3. The first-order chi connectivity index (χ1) is 18.5. The van der Waals surface area contributed by atoms with Gasteiger partial charge in [0.1, 0.15) is 16.3 Å². The molecule has 7 N–H and O–H groups in total. The average Bonchev–Trinajstić information content (AvgIpc) is 3.60. The van der Waals surface area contributed by atoms with E-state index in [1.807, 2.05) is 0 Å². The van der Waals surface area contributed by atoms with Gasteiger partial charge in [-0.2, -0.15) is 4.31 Å². The minimum atomic E-state index is -4.10. The Morgan fingerprint density at radius 1 is 1.05 bits per heavy atom. The molecule has 1 aliphatic rings. The zero-order chi connectivity index (χ0) is 28.3. The average molecular weight is 575 g/mol. The van der Waals surface area contributed by atoms with E-state index in [0.717, 1.165) is 25.9 Å². The summed E-state index contributed by atoms with van der Waals surface area (Å²) >= 11 is 0.992. The van der Waals surface area contributed by atoms with Gasteiger partial charge in [0.25, 0.3) is 21.8 Å². The lowest BCUT2D eigenvalue weighted by molar-refractivity contribution is -0.130. The smallest absolute Gasteiger partial charge is 0.271 e. The zero-order valence-electron chi connectivity index (χ0n) is 20.5. The van der Waals surface area contributed by atoms with Gasteiger partial charge < -0.3 is 22.5 Å². The van der Waals surface area contributed by atoms with Gasteiger partial charge in [-0.3, -0.25) is 19.2 Å². The van der Waals surface area contributed by atoms with Crippen LogP contribution in [0.4, 0.5) is 0 Å². The Morgan fingerprint density at radius 2 is 1.77 bits per heavy atom. The number of benzene rings is 1. The number of carbonyl (C=O) groups excluding carboxylic acids is 4. The lowest BCUT2D eigenvalue weighted by Crippen LogP contribution is -2.57. The predicted molar refractivity (Wildman–Crippen MR) is 139 cm³/mol. The van der Waals surface area contributed by atoms with Crippen LogP contribution < -0.4 is 22.5 Å². The second-order valence-corrected chi connectivity index (χ2v) is 11.9. The molecule has 3 aromatic rings. The first-order valence-corrected chi connectivity index (χ1v) is 14.1. The van der Waals surface area contributed by atoms with Crippen molar-refractivity contribution < 1.29 is 27.6 Å². The SMILES string of the molecule is NC(=O)c1nnn(C2CCN(S(=O)(=O)c3cccs3)C(C(=O)NC(Cc3ccccc3)C(N)=O)C2)c1C(N)=O. The minimum Gasteiger partial charge on any atom is -0.368 e. The zero-order valence-corrected chi connectivity index (χ0v) is 22.1. The van der Waals surface area contributed by atoms with E-state index in [4.69, 9.17) is 17.2 Å². The predicted octanol–water partition coefficient (Wildman–Crippen LogP) is -0.855. The quantitative estimate of drug-likeness (QED) is 0.238. The summed E-state index contributed by atoms with van der Waals surface area (Å²) in [6.07, 6.45) is 0.0290. The van der Waals surface area contributed by atoms with Crippen LogP contribution in [-0.4, -0.2) is 70.0 Å². The summed E-state index contributed by atoms with van der Waals surface area (Å²) in [5.74, 6) is -3.60. The fourth-order valence-electron chi connectivity index (χ4n) is 4.48. The third kappa shape index (κ3) is 5.81. The molecule has 1 aromatic carbocycles. The van der Waals surface area contributed by atoms with Gasteiger partial charge in [-0.1, -0.05) is 41.6 Å². The van der Waals surface area contributed by atoms with E-state index in [1.165, 1.54) is 6.07 Å². The van der Waals surface area contributed by atoms with E-state index >= 15 is 0 Å². The van der Waals surface area contributed by atoms with Gasteiger partial charge in [-0.05, 0) is 29.9 Å². The largest absolute Gasteiger partial charge is 0.368 e. The van der Waals surface area contributed by atoms with E-state index < -0.39 is 57.5 Å². The number of amides is 4. The van der Waals surface area contributed by atoms with E-state index in [1.54, 1.807) is 41.8 Å². The third-order valence-electron chi connectivity index (χ3n) is 6.34. The second kappa shape index (κ2) is 11.3. The molecule has 0 radical (unpaired) electrons. The molecule has 0 spiro atoms. The van der Waals surface area contributed by atoms with E-state index in [-0.39, 0.29) is 35.7 Å². The number of hydrogen-bond acceptors (Lipinski definition) is 9. The number of carbonyl (C=O) groups is 4. The van der Waals surface area contributed by atoms with Crippen molar-refractivity contribution in [3.63, 3.8) is 0 Å². The van der Waals surface area contributed by atoms with Gasteiger partial charge in [-0.25, -0.2) is 13.1 Å². The molecule has 3 heterocycles.